The Morgan fingerprint density at radius 2 is 1.55 bits per heavy atom. The summed E-state index contributed by atoms with van der Waals surface area (Å²) in [6.45, 7) is 1.96. The van der Waals surface area contributed by atoms with Crippen LogP contribution in [0.1, 0.15) is 12.7 Å². The SMILES string of the molecule is CCOC(=O)C(=C=S)c1nc(-c2ccc(OC)cc2)c(-c2ccc(OC)cc2)[nH]1. The first kappa shape index (κ1) is 20.3. The number of H-pyrrole nitrogens is 1. The fourth-order valence-corrected chi connectivity index (χ4v) is 2.99. The van der Waals surface area contributed by atoms with Gasteiger partial charge in [0.2, 0.25) is 0 Å². The summed E-state index contributed by atoms with van der Waals surface area (Å²) in [4.78, 5) is 20.1. The Morgan fingerprint density at radius 3 is 2.03 bits per heavy atom. The normalized spacial score (nSPS) is 10.2. The Labute approximate surface area is 174 Å². The van der Waals surface area contributed by atoms with Gasteiger partial charge in [-0.2, -0.15) is 0 Å². The quantitative estimate of drug-likeness (QED) is 0.357. The zero-order valence-electron chi connectivity index (χ0n) is 16.3. The number of hydrogen-bond acceptors (Lipinski definition) is 6. The van der Waals surface area contributed by atoms with Gasteiger partial charge in [-0.1, -0.05) is 0 Å². The van der Waals surface area contributed by atoms with Crippen molar-refractivity contribution in [2.75, 3.05) is 20.8 Å². The van der Waals surface area contributed by atoms with Gasteiger partial charge in [-0.05, 0) is 72.7 Å². The smallest absolute Gasteiger partial charge is 0.350 e. The molecule has 3 rings (SSSR count). The number of benzene rings is 2. The highest BCUT2D eigenvalue weighted by Gasteiger charge is 2.21. The molecule has 0 bridgehead atoms. The lowest BCUT2D eigenvalue weighted by atomic mass is 10.0. The molecule has 7 heteroatoms. The van der Waals surface area contributed by atoms with E-state index in [1.54, 1.807) is 21.1 Å². The molecule has 148 valence electrons. The third-order valence-electron chi connectivity index (χ3n) is 4.26. The van der Waals surface area contributed by atoms with Gasteiger partial charge in [-0.25, -0.2) is 9.78 Å². The number of carbonyl (C=O) groups is 1. The second-order valence-corrected chi connectivity index (χ2v) is 6.17. The van der Waals surface area contributed by atoms with Gasteiger partial charge in [0, 0.05) is 11.1 Å². The van der Waals surface area contributed by atoms with Gasteiger partial charge < -0.3 is 19.2 Å². The molecule has 1 aromatic heterocycles. The first-order valence-electron chi connectivity index (χ1n) is 8.92. The van der Waals surface area contributed by atoms with Crippen LogP contribution in [0.15, 0.2) is 48.5 Å². The predicted molar refractivity (Wildman–Crippen MR) is 115 cm³/mol. The number of imidazole rings is 1. The number of esters is 1. The van der Waals surface area contributed by atoms with Gasteiger partial charge >= 0.3 is 5.97 Å². The van der Waals surface area contributed by atoms with Crippen LogP contribution in [-0.4, -0.2) is 41.8 Å². The van der Waals surface area contributed by atoms with Crippen LogP contribution in [0.25, 0.3) is 28.1 Å². The van der Waals surface area contributed by atoms with E-state index >= 15 is 0 Å². The van der Waals surface area contributed by atoms with Crippen molar-refractivity contribution in [2.24, 2.45) is 0 Å². The van der Waals surface area contributed by atoms with Crippen molar-refractivity contribution in [2.45, 2.75) is 6.92 Å². The maximum absolute atomic E-state index is 12.3. The molecule has 3 aromatic rings. The van der Waals surface area contributed by atoms with Gasteiger partial charge in [0.1, 0.15) is 11.5 Å². The number of hydrogen-bond donors (Lipinski definition) is 1. The molecule has 1 heterocycles. The van der Waals surface area contributed by atoms with E-state index in [-0.39, 0.29) is 12.2 Å². The predicted octanol–water partition coefficient (Wildman–Crippen LogP) is 4.31. The Bertz CT molecular complexity index is 984. The minimum absolute atomic E-state index is 0.0800. The van der Waals surface area contributed by atoms with Crippen LogP contribution < -0.4 is 9.47 Å². The lowest BCUT2D eigenvalue weighted by Gasteiger charge is -2.06. The molecule has 0 spiro atoms. The van der Waals surface area contributed by atoms with E-state index in [0.717, 1.165) is 28.3 Å². The Morgan fingerprint density at radius 1 is 1.00 bits per heavy atom. The Balaban J connectivity index is 2.14. The summed E-state index contributed by atoms with van der Waals surface area (Å²) in [7, 11) is 3.22. The lowest BCUT2D eigenvalue weighted by Crippen LogP contribution is -2.08. The maximum atomic E-state index is 12.3. The van der Waals surface area contributed by atoms with Crippen LogP contribution in [0.2, 0.25) is 0 Å². The number of nitrogens with one attached hydrogen (secondary N) is 1. The molecule has 0 atom stereocenters. The molecular weight excluding hydrogens is 388 g/mol. The van der Waals surface area contributed by atoms with Crippen LogP contribution in [0, 0.1) is 0 Å². The van der Waals surface area contributed by atoms with E-state index in [4.69, 9.17) is 26.4 Å². The molecule has 0 unspecified atom stereocenters. The summed E-state index contributed by atoms with van der Waals surface area (Å²) in [5.41, 5.74) is 3.21. The van der Waals surface area contributed by atoms with Crippen LogP contribution >= 0.6 is 12.2 Å². The first-order valence-corrected chi connectivity index (χ1v) is 9.33. The maximum Gasteiger partial charge on any atom is 0.350 e. The fourth-order valence-electron chi connectivity index (χ4n) is 2.81. The molecule has 0 saturated carbocycles. The highest BCUT2D eigenvalue weighted by molar-refractivity contribution is 7.78. The molecule has 0 fully saturated rings. The monoisotopic (exact) mass is 408 g/mol. The molecule has 1 N–H and O–H groups in total. The largest absolute Gasteiger partial charge is 0.497 e. The number of rotatable bonds is 7. The number of aromatic amines is 1. The van der Waals surface area contributed by atoms with Gasteiger partial charge in [0.05, 0.1) is 32.2 Å². The average molecular weight is 408 g/mol. The van der Waals surface area contributed by atoms with Crippen molar-refractivity contribution in [1.82, 2.24) is 9.97 Å². The van der Waals surface area contributed by atoms with Gasteiger partial charge in [-0.3, -0.25) is 0 Å². The van der Waals surface area contributed by atoms with E-state index in [9.17, 15) is 4.79 Å². The Kier molecular flexibility index (Phi) is 6.44. The standard InChI is InChI=1S/C22H20N2O4S/c1-4-28-22(25)18(13-29)21-23-19(14-5-9-16(26-2)10-6-14)20(24-21)15-7-11-17(27-3)12-8-15/h5-12H,4H2,1-3H3,(H,23,24). The summed E-state index contributed by atoms with van der Waals surface area (Å²) in [5.74, 6) is 1.21. The van der Waals surface area contributed by atoms with Crippen molar-refractivity contribution >= 4 is 28.8 Å². The number of carbonyl (C=O) groups excluding carboxylic acids is 1. The van der Waals surface area contributed by atoms with Crippen LogP contribution in [-0.2, 0) is 9.53 Å². The van der Waals surface area contributed by atoms with Crippen LogP contribution in [0.5, 0.6) is 11.5 Å². The molecule has 0 radical (unpaired) electrons. The third kappa shape index (κ3) is 4.37. The van der Waals surface area contributed by atoms with E-state index < -0.39 is 5.97 Å². The number of nitrogens with zero attached hydrogens (tertiary/aromatic N) is 1. The first-order chi connectivity index (χ1) is 14.1. The summed E-state index contributed by atoms with van der Waals surface area (Å²) in [5, 5.41) is 2.47. The summed E-state index contributed by atoms with van der Waals surface area (Å²) in [6.07, 6.45) is 0. The van der Waals surface area contributed by atoms with Crippen molar-refractivity contribution < 1.29 is 19.0 Å². The van der Waals surface area contributed by atoms with Crippen molar-refractivity contribution in [1.29, 1.82) is 0 Å². The zero-order chi connectivity index (χ0) is 20.8. The minimum atomic E-state index is -0.571. The lowest BCUT2D eigenvalue weighted by molar-refractivity contribution is -0.136. The topological polar surface area (TPSA) is 73.4 Å². The van der Waals surface area contributed by atoms with Crippen molar-refractivity contribution in [3.8, 4) is 34.0 Å². The van der Waals surface area contributed by atoms with Gasteiger partial charge in [0.15, 0.2) is 11.4 Å². The summed E-state index contributed by atoms with van der Waals surface area (Å²) in [6, 6.07) is 15.0. The molecule has 6 nitrogen and oxygen atoms in total. The molecule has 0 amide bonds. The van der Waals surface area contributed by atoms with Crippen molar-refractivity contribution in [3.63, 3.8) is 0 Å². The molecule has 0 saturated heterocycles. The molecule has 0 aliphatic carbocycles. The highest BCUT2D eigenvalue weighted by Crippen LogP contribution is 2.33. The average Bonchev–Trinajstić information content (AvgIpc) is 3.19. The number of ether oxygens (including phenoxy) is 3. The number of methoxy groups -OCH3 is 2. The molecular formula is C22H20N2O4S. The van der Waals surface area contributed by atoms with Crippen molar-refractivity contribution in [3.05, 3.63) is 54.4 Å². The number of thiocarbonyl (C=S) groups is 1. The van der Waals surface area contributed by atoms with Crippen LogP contribution in [0.3, 0.4) is 0 Å². The van der Waals surface area contributed by atoms with E-state index in [1.807, 2.05) is 48.5 Å². The second kappa shape index (κ2) is 9.19. The number of aromatic nitrogens is 2. The van der Waals surface area contributed by atoms with E-state index in [0.29, 0.717) is 11.5 Å². The minimum Gasteiger partial charge on any atom is -0.497 e. The highest BCUT2D eigenvalue weighted by atomic mass is 32.1. The molecule has 2 aromatic carbocycles. The zero-order valence-corrected chi connectivity index (χ0v) is 17.1. The van der Waals surface area contributed by atoms with E-state index in [2.05, 4.69) is 15.0 Å². The molecule has 0 aliphatic heterocycles. The van der Waals surface area contributed by atoms with Gasteiger partial charge in [0.25, 0.3) is 0 Å². The Hall–Kier alpha value is -3.41. The molecule has 29 heavy (non-hydrogen) atoms. The third-order valence-corrected chi connectivity index (χ3v) is 4.47. The second-order valence-electron chi connectivity index (χ2n) is 5.96. The van der Waals surface area contributed by atoms with Crippen LogP contribution in [0.4, 0.5) is 0 Å². The fraction of sp³-hybridized carbons (Fsp3) is 0.182. The van der Waals surface area contributed by atoms with Gasteiger partial charge in [-0.15, -0.1) is 0 Å². The van der Waals surface area contributed by atoms with E-state index in [1.165, 1.54) is 0 Å². The summed E-state index contributed by atoms with van der Waals surface area (Å²) >= 11 is 4.92. The molecule has 0 aliphatic rings. The summed E-state index contributed by atoms with van der Waals surface area (Å²) < 4.78 is 15.5.